The van der Waals surface area contributed by atoms with Crippen LogP contribution >= 0.6 is 22.9 Å². The van der Waals surface area contributed by atoms with Gasteiger partial charge in [-0.1, -0.05) is 212 Å². The Kier molecular flexibility index (Phi) is 32.8. The second-order valence-electron chi connectivity index (χ2n) is 26.2. The molecule has 9 aromatic carbocycles. The summed E-state index contributed by atoms with van der Waals surface area (Å²) in [5.74, 6) is 2.00. The monoisotopic (exact) mass is 1400 g/mol. The van der Waals surface area contributed by atoms with Crippen molar-refractivity contribution in [2.75, 3.05) is 19.6 Å². The Morgan fingerprint density at radius 2 is 0.931 bits per heavy atom. The number of aromatic nitrogens is 3. The molecule has 3 aliphatic heterocycles. The van der Waals surface area contributed by atoms with E-state index in [1.54, 1.807) is 0 Å². The molecule has 10 heteroatoms. The summed E-state index contributed by atoms with van der Waals surface area (Å²) in [5, 5.41) is 10.4. The minimum absolute atomic E-state index is 0. The number of halogens is 1. The molecule has 0 amide bonds. The van der Waals surface area contributed by atoms with Crippen molar-refractivity contribution in [3.05, 3.63) is 214 Å². The smallest absolute Gasteiger partial charge is 0.344 e. The van der Waals surface area contributed by atoms with E-state index in [1.807, 2.05) is 55.5 Å². The molecule has 0 atom stereocenters. The Bertz CT molecular complexity index is 4790. The summed E-state index contributed by atoms with van der Waals surface area (Å²) in [6.45, 7) is 39.5. The van der Waals surface area contributed by atoms with Crippen molar-refractivity contribution in [3.8, 4) is 0 Å². The van der Waals surface area contributed by atoms with Gasteiger partial charge < -0.3 is 8.83 Å². The maximum atomic E-state index is 6.24. The van der Waals surface area contributed by atoms with Gasteiger partial charge in [-0.3, -0.25) is 0 Å². The summed E-state index contributed by atoms with van der Waals surface area (Å²) in [6, 6.07) is 60.2. The highest BCUT2D eigenvalue weighted by Crippen LogP contribution is 2.44. The number of oxazole rings is 2. The van der Waals surface area contributed by atoms with E-state index in [1.165, 1.54) is 166 Å². The van der Waals surface area contributed by atoms with Crippen LogP contribution in [0.5, 0.6) is 0 Å². The molecule has 0 fully saturated rings. The number of aryl methyl sites for hydroxylation is 7. The Morgan fingerprint density at radius 3 is 1.50 bits per heavy atom. The van der Waals surface area contributed by atoms with Gasteiger partial charge in [0.15, 0.2) is 30.2 Å². The van der Waals surface area contributed by atoms with Crippen molar-refractivity contribution >= 4 is 122 Å². The lowest BCUT2D eigenvalue weighted by Gasteiger charge is -2.17. The zero-order valence-electron chi connectivity index (χ0n) is 59.6. The first kappa shape index (κ1) is 85.3. The summed E-state index contributed by atoms with van der Waals surface area (Å²) >= 11 is 8.11. The molecule has 0 bridgehead atoms. The standard InChI is InChI=1S/C17H20N.C16H17ClN.C16H18N.C14H20NO.C11H14NO.C11H14NS.6CH4/c1-5-18-12(2)17(3,4)16-14-9-7-6-8-13(14)10-11-15(16)18;1-3-4-8-18-11(2)14-7-5-6-12-9-13(17)10-15(18)16(12)14;1-3-4-11-17-12(2)14-9-5-7-13-8-6-10-15(17)16(13)14;1-3-4-5-8-11-15-12(2)16-14-10-7-6-9-13(14)15;1-3-8-12-9(2)13-11-7-5-4-6-10(11)12;1-4-12-9(3)13-11-6-5-8(2)7-10(11)12;;;;;;/h6-11H,5H2,1-4H3;5-7,9-10H,3-4,8H2,1-2H3;5-10H,3-4,11H2,1-2H3;6-7,9-10H,3-5,8,11H2,1-2H3;4-7H,3,8H2,1-2H3;5-7H,4H2,1-3H3;6*1H4/q6*+1;;;;;;. The van der Waals surface area contributed by atoms with E-state index < -0.39 is 0 Å². The van der Waals surface area contributed by atoms with E-state index >= 15 is 0 Å². The number of hydrogen-bond acceptors (Lipinski definition) is 3. The molecular weight excluding hydrogens is 1280 g/mol. The second-order valence-corrected chi connectivity index (χ2v) is 27.9. The second kappa shape index (κ2) is 38.8. The molecule has 540 valence electrons. The van der Waals surface area contributed by atoms with Gasteiger partial charge in [-0.05, 0) is 111 Å². The number of thiazole rings is 1. The van der Waals surface area contributed by atoms with Gasteiger partial charge in [0.05, 0.1) is 41.2 Å². The number of benzene rings is 9. The van der Waals surface area contributed by atoms with Gasteiger partial charge in [-0.15, -0.1) is 0 Å². The molecule has 0 radical (unpaired) electrons. The van der Waals surface area contributed by atoms with Crippen molar-refractivity contribution in [1.82, 2.24) is 0 Å². The molecule has 0 saturated carbocycles. The van der Waals surface area contributed by atoms with E-state index in [9.17, 15) is 0 Å². The summed E-state index contributed by atoms with van der Waals surface area (Å²) in [5.41, 5.74) is 19.8. The Morgan fingerprint density at radius 1 is 0.406 bits per heavy atom. The van der Waals surface area contributed by atoms with Crippen LogP contribution in [-0.2, 0) is 25.0 Å². The van der Waals surface area contributed by atoms with Crippen LogP contribution in [-0.4, -0.2) is 50.5 Å². The van der Waals surface area contributed by atoms with E-state index in [0.29, 0.717) is 0 Å². The first-order valence-corrected chi connectivity index (χ1v) is 36.4. The molecule has 12 aromatic rings. The Labute approximate surface area is 619 Å². The SMILES string of the molecule is C.C.C.C.C.C.CCCCCC[n+]1c(C)oc2ccccc21.CCCC[N+]1=C(C)c2cccc3cc(Cl)cc1c23.CCCC[N+]1=C(C)c2cccc3cccc1c23.CCC[n+]1c(C)oc2ccccc21.CC[N+]1=C(C)C(C)(C)c2c1ccc1ccccc21.CC[n+]1c(C)sc2ccc(C)cc21. The highest BCUT2D eigenvalue weighted by Gasteiger charge is 2.43. The molecule has 15 rings (SSSR count). The van der Waals surface area contributed by atoms with Crippen LogP contribution in [0.25, 0.3) is 64.7 Å². The van der Waals surface area contributed by atoms with Crippen molar-refractivity contribution in [1.29, 1.82) is 0 Å². The van der Waals surface area contributed by atoms with Crippen LogP contribution in [0.2, 0.25) is 5.02 Å². The third-order valence-electron chi connectivity index (χ3n) is 19.5. The molecule has 101 heavy (non-hydrogen) atoms. The summed E-state index contributed by atoms with van der Waals surface area (Å²) < 4.78 is 26.9. The fourth-order valence-corrected chi connectivity index (χ4v) is 15.6. The van der Waals surface area contributed by atoms with E-state index in [2.05, 4.69) is 257 Å². The molecule has 0 spiro atoms. The van der Waals surface area contributed by atoms with Crippen LogP contribution in [0, 0.1) is 27.7 Å². The minimum atomic E-state index is 0. The Hall–Kier alpha value is -8.11. The normalized spacial score (nSPS) is 12.4. The molecular formula is C91H127ClN6O2S+6. The third kappa shape index (κ3) is 18.2. The maximum Gasteiger partial charge on any atom is 0.344 e. The summed E-state index contributed by atoms with van der Waals surface area (Å²) in [6.07, 6.45) is 11.2. The number of nitrogens with zero attached hydrogens (tertiary/aromatic N) is 6. The van der Waals surface area contributed by atoms with Crippen LogP contribution in [0.3, 0.4) is 0 Å². The zero-order valence-corrected chi connectivity index (χ0v) is 61.1. The van der Waals surface area contributed by atoms with Gasteiger partial charge in [0, 0.05) is 100 Å². The Balaban J connectivity index is 0.000000255. The molecule has 0 N–H and O–H groups in total. The van der Waals surface area contributed by atoms with Crippen LogP contribution in [0.1, 0.15) is 218 Å². The molecule has 3 aliphatic rings. The van der Waals surface area contributed by atoms with E-state index in [4.69, 9.17) is 20.4 Å². The fourth-order valence-electron chi connectivity index (χ4n) is 14.3. The van der Waals surface area contributed by atoms with E-state index in [-0.39, 0.29) is 50.0 Å². The lowest BCUT2D eigenvalue weighted by molar-refractivity contribution is -0.683. The summed E-state index contributed by atoms with van der Waals surface area (Å²) in [7, 11) is 0. The van der Waals surface area contributed by atoms with Crippen molar-refractivity contribution < 1.29 is 36.3 Å². The maximum absolute atomic E-state index is 6.24. The molecule has 0 aliphatic carbocycles. The highest BCUT2D eigenvalue weighted by molar-refractivity contribution is 7.18. The van der Waals surface area contributed by atoms with Crippen molar-refractivity contribution in [2.24, 2.45) is 0 Å². The van der Waals surface area contributed by atoms with Gasteiger partial charge in [0.1, 0.15) is 30.9 Å². The first-order chi connectivity index (χ1) is 46.0. The van der Waals surface area contributed by atoms with Crippen LogP contribution < -0.4 is 13.7 Å². The lowest BCUT2D eigenvalue weighted by Crippen LogP contribution is -2.35. The van der Waals surface area contributed by atoms with Gasteiger partial charge in [0.25, 0.3) is 11.0 Å². The first-order valence-electron chi connectivity index (χ1n) is 35.3. The molecule has 6 heterocycles. The van der Waals surface area contributed by atoms with Gasteiger partial charge in [0.2, 0.25) is 38.8 Å². The number of para-hydroxylation sites is 4. The van der Waals surface area contributed by atoms with E-state index in [0.717, 1.165) is 73.7 Å². The van der Waals surface area contributed by atoms with Gasteiger partial charge in [-0.2, -0.15) is 27.4 Å². The van der Waals surface area contributed by atoms with Gasteiger partial charge >= 0.3 is 11.8 Å². The average molecular weight is 1400 g/mol. The third-order valence-corrected chi connectivity index (χ3v) is 20.8. The van der Waals surface area contributed by atoms with Gasteiger partial charge in [-0.25, -0.2) is 0 Å². The van der Waals surface area contributed by atoms with Crippen LogP contribution in [0.4, 0.5) is 17.1 Å². The lowest BCUT2D eigenvalue weighted by atomic mass is 9.80. The number of hydrogen-bond donors (Lipinski definition) is 0. The fraction of sp³-hybridized carbons (Fsp3) is 0.407. The largest absolute Gasteiger partial charge is 0.402 e. The quantitative estimate of drug-likeness (QED) is 0.0758. The highest BCUT2D eigenvalue weighted by atomic mass is 35.5. The number of rotatable bonds is 15. The molecule has 3 aromatic heterocycles. The van der Waals surface area contributed by atoms with Crippen molar-refractivity contribution in [3.63, 3.8) is 0 Å². The number of fused-ring (bicyclic) bond motifs is 6. The number of unbranched alkanes of at least 4 members (excludes halogenated alkanes) is 5. The average Bonchev–Trinajstić information content (AvgIpc) is 1.60. The van der Waals surface area contributed by atoms with Crippen molar-refractivity contribution in [2.45, 2.75) is 231 Å². The predicted octanol–water partition coefficient (Wildman–Crippen LogP) is 25.8. The summed E-state index contributed by atoms with van der Waals surface area (Å²) in [4.78, 5) is 0. The zero-order chi connectivity index (χ0) is 67.5. The van der Waals surface area contributed by atoms with Crippen LogP contribution in [0.15, 0.2) is 179 Å². The predicted molar refractivity (Wildman–Crippen MR) is 444 cm³/mol. The molecule has 0 unspecified atom stereocenters. The minimum Gasteiger partial charge on any atom is -0.402 e. The topological polar surface area (TPSA) is 47.0 Å². The molecule has 8 nitrogen and oxygen atoms in total. The molecule has 0 saturated heterocycles.